The predicted octanol–water partition coefficient (Wildman–Crippen LogP) is 5.52. The van der Waals surface area contributed by atoms with E-state index in [-0.39, 0.29) is 16.9 Å². The summed E-state index contributed by atoms with van der Waals surface area (Å²) in [5.41, 5.74) is 3.19. The lowest BCUT2D eigenvalue weighted by molar-refractivity contribution is 0.0727. The number of aryl methyl sites for hydroxylation is 2. The molecule has 0 heterocycles. The highest BCUT2D eigenvalue weighted by molar-refractivity contribution is 5.91. The fourth-order valence-electron chi connectivity index (χ4n) is 2.81. The quantitative estimate of drug-likeness (QED) is 0.492. The van der Waals surface area contributed by atoms with Crippen molar-refractivity contribution in [2.45, 2.75) is 52.9 Å². The van der Waals surface area contributed by atoms with Gasteiger partial charge in [0.1, 0.15) is 0 Å². The molecule has 0 saturated carbocycles. The first kappa shape index (κ1) is 22.5. The standard InChI is InChI=1S/C24H31NO4/c1-8-9-17-10-12-18(13-11-17)22(26)28-20-15-19(24(3,4)5)14-16(2)21(20)29-23(27)25(6)7/h10-15H,8-9H2,1-7H3. The monoisotopic (exact) mass is 397 g/mol. The zero-order valence-corrected chi connectivity index (χ0v) is 18.5. The van der Waals surface area contributed by atoms with Crippen molar-refractivity contribution in [3.63, 3.8) is 0 Å². The summed E-state index contributed by atoms with van der Waals surface area (Å²) in [5, 5.41) is 0. The van der Waals surface area contributed by atoms with Crippen LogP contribution in [0.25, 0.3) is 0 Å². The molecular formula is C24H31NO4. The molecule has 0 aliphatic rings. The molecule has 29 heavy (non-hydrogen) atoms. The van der Waals surface area contributed by atoms with Crippen LogP contribution >= 0.6 is 0 Å². The minimum atomic E-state index is -0.530. The second-order valence-electron chi connectivity index (χ2n) is 8.47. The number of hydrogen-bond donors (Lipinski definition) is 0. The van der Waals surface area contributed by atoms with Gasteiger partial charge in [0.25, 0.3) is 0 Å². The molecule has 0 saturated heterocycles. The van der Waals surface area contributed by atoms with E-state index < -0.39 is 12.1 Å². The number of esters is 1. The average molecular weight is 398 g/mol. The molecule has 2 aromatic carbocycles. The van der Waals surface area contributed by atoms with Crippen molar-refractivity contribution < 1.29 is 19.1 Å². The number of benzene rings is 2. The number of rotatable bonds is 5. The summed E-state index contributed by atoms with van der Waals surface area (Å²) in [5.74, 6) is 0.0149. The van der Waals surface area contributed by atoms with Crippen LogP contribution in [0.1, 0.15) is 61.2 Å². The van der Waals surface area contributed by atoms with Gasteiger partial charge in [-0.1, -0.05) is 52.3 Å². The number of hydrogen-bond acceptors (Lipinski definition) is 4. The van der Waals surface area contributed by atoms with Gasteiger partial charge in [0.05, 0.1) is 5.56 Å². The van der Waals surface area contributed by atoms with Crippen LogP contribution in [0.2, 0.25) is 0 Å². The van der Waals surface area contributed by atoms with E-state index in [9.17, 15) is 9.59 Å². The third-order valence-corrected chi connectivity index (χ3v) is 4.59. The van der Waals surface area contributed by atoms with Crippen LogP contribution in [0.15, 0.2) is 36.4 Å². The minimum Gasteiger partial charge on any atom is -0.419 e. The topological polar surface area (TPSA) is 55.8 Å². The van der Waals surface area contributed by atoms with Gasteiger partial charge in [-0.15, -0.1) is 0 Å². The maximum Gasteiger partial charge on any atom is 0.414 e. The first-order valence-corrected chi connectivity index (χ1v) is 9.88. The van der Waals surface area contributed by atoms with Crippen molar-refractivity contribution in [2.75, 3.05) is 14.1 Å². The predicted molar refractivity (Wildman–Crippen MR) is 115 cm³/mol. The van der Waals surface area contributed by atoms with Crippen molar-refractivity contribution in [1.82, 2.24) is 4.90 Å². The van der Waals surface area contributed by atoms with Crippen LogP contribution in [-0.4, -0.2) is 31.1 Å². The number of ether oxygens (including phenoxy) is 2. The molecule has 5 nitrogen and oxygen atoms in total. The zero-order chi connectivity index (χ0) is 21.8. The summed E-state index contributed by atoms with van der Waals surface area (Å²) >= 11 is 0. The lowest BCUT2D eigenvalue weighted by Crippen LogP contribution is -2.26. The molecule has 0 aliphatic heterocycles. The smallest absolute Gasteiger partial charge is 0.414 e. The van der Waals surface area contributed by atoms with Crippen molar-refractivity contribution in [3.05, 3.63) is 58.7 Å². The third kappa shape index (κ3) is 5.83. The van der Waals surface area contributed by atoms with Crippen molar-refractivity contribution in [3.8, 4) is 11.5 Å². The molecule has 1 amide bonds. The Bertz CT molecular complexity index is 877. The fourth-order valence-corrected chi connectivity index (χ4v) is 2.81. The molecule has 0 atom stereocenters. The highest BCUT2D eigenvalue weighted by Crippen LogP contribution is 2.37. The van der Waals surface area contributed by atoms with Crippen molar-refractivity contribution in [1.29, 1.82) is 0 Å². The molecule has 0 unspecified atom stereocenters. The van der Waals surface area contributed by atoms with Crippen molar-refractivity contribution in [2.24, 2.45) is 0 Å². The second kappa shape index (κ2) is 9.12. The summed E-state index contributed by atoms with van der Waals surface area (Å²) in [6.45, 7) is 10.2. The maximum absolute atomic E-state index is 12.8. The van der Waals surface area contributed by atoms with Gasteiger partial charge in [-0.05, 0) is 53.6 Å². The van der Waals surface area contributed by atoms with E-state index in [1.165, 1.54) is 10.5 Å². The summed E-state index contributed by atoms with van der Waals surface area (Å²) in [7, 11) is 3.20. The molecule has 0 fully saturated rings. The van der Waals surface area contributed by atoms with Crippen LogP contribution in [0, 0.1) is 6.92 Å². The Kier molecular flexibility index (Phi) is 7.07. The largest absolute Gasteiger partial charge is 0.419 e. The van der Waals surface area contributed by atoms with Crippen LogP contribution in [0.4, 0.5) is 4.79 Å². The Morgan fingerprint density at radius 3 is 2.14 bits per heavy atom. The van der Waals surface area contributed by atoms with Gasteiger partial charge in [0.15, 0.2) is 11.5 Å². The molecular weight excluding hydrogens is 366 g/mol. The van der Waals surface area contributed by atoms with Crippen LogP contribution < -0.4 is 9.47 Å². The first-order chi connectivity index (χ1) is 13.5. The number of amides is 1. The molecule has 0 aliphatic carbocycles. The van der Waals surface area contributed by atoms with Gasteiger partial charge >= 0.3 is 12.1 Å². The van der Waals surface area contributed by atoms with E-state index in [0.717, 1.165) is 24.0 Å². The molecule has 0 radical (unpaired) electrons. The Balaban J connectivity index is 2.40. The molecule has 5 heteroatoms. The summed E-state index contributed by atoms with van der Waals surface area (Å²) in [4.78, 5) is 26.2. The minimum absolute atomic E-state index is 0.155. The van der Waals surface area contributed by atoms with Gasteiger partial charge < -0.3 is 14.4 Å². The van der Waals surface area contributed by atoms with Crippen LogP contribution in [0.5, 0.6) is 11.5 Å². The maximum atomic E-state index is 12.8. The average Bonchev–Trinajstić information content (AvgIpc) is 2.64. The van der Waals surface area contributed by atoms with Crippen molar-refractivity contribution >= 4 is 12.1 Å². The van der Waals surface area contributed by atoms with Crippen LogP contribution in [0.3, 0.4) is 0 Å². The summed E-state index contributed by atoms with van der Waals surface area (Å²) in [6, 6.07) is 11.1. The van der Waals surface area contributed by atoms with E-state index in [4.69, 9.17) is 9.47 Å². The summed E-state index contributed by atoms with van der Waals surface area (Å²) in [6.07, 6.45) is 1.48. The third-order valence-electron chi connectivity index (χ3n) is 4.59. The Labute approximate surface area is 173 Å². The highest BCUT2D eigenvalue weighted by atomic mass is 16.6. The number of carbonyl (C=O) groups excluding carboxylic acids is 2. The highest BCUT2D eigenvalue weighted by Gasteiger charge is 2.23. The molecule has 0 aromatic heterocycles. The fraction of sp³-hybridized carbons (Fsp3) is 0.417. The zero-order valence-electron chi connectivity index (χ0n) is 18.5. The van der Waals surface area contributed by atoms with Gasteiger partial charge in [-0.2, -0.15) is 0 Å². The first-order valence-electron chi connectivity index (χ1n) is 9.88. The SMILES string of the molecule is CCCc1ccc(C(=O)Oc2cc(C(C)(C)C)cc(C)c2OC(=O)N(C)C)cc1. The molecule has 156 valence electrons. The van der Waals surface area contributed by atoms with E-state index in [1.807, 2.05) is 25.1 Å². The van der Waals surface area contributed by atoms with Gasteiger partial charge in [-0.3, -0.25) is 0 Å². The normalized spacial score (nSPS) is 11.1. The Morgan fingerprint density at radius 2 is 1.62 bits per heavy atom. The number of nitrogens with zero attached hydrogens (tertiary/aromatic N) is 1. The molecule has 0 N–H and O–H groups in total. The van der Waals surface area contributed by atoms with E-state index in [2.05, 4.69) is 27.7 Å². The molecule has 0 spiro atoms. The van der Waals surface area contributed by atoms with Gasteiger partial charge in [0.2, 0.25) is 0 Å². The molecule has 2 rings (SSSR count). The van der Waals surface area contributed by atoms with E-state index in [1.54, 1.807) is 32.3 Å². The second-order valence-corrected chi connectivity index (χ2v) is 8.47. The molecule has 2 aromatic rings. The molecule has 0 bridgehead atoms. The van der Waals surface area contributed by atoms with E-state index in [0.29, 0.717) is 5.56 Å². The van der Waals surface area contributed by atoms with Gasteiger partial charge in [0, 0.05) is 14.1 Å². The number of carbonyl (C=O) groups is 2. The van der Waals surface area contributed by atoms with Crippen LogP contribution in [-0.2, 0) is 11.8 Å². The van der Waals surface area contributed by atoms with Gasteiger partial charge in [-0.25, -0.2) is 9.59 Å². The summed E-state index contributed by atoms with van der Waals surface area (Å²) < 4.78 is 11.2. The lowest BCUT2D eigenvalue weighted by Gasteiger charge is -2.23. The Morgan fingerprint density at radius 1 is 1.00 bits per heavy atom. The van der Waals surface area contributed by atoms with E-state index >= 15 is 0 Å². The lowest BCUT2D eigenvalue weighted by atomic mass is 9.86. The Hall–Kier alpha value is -2.82.